The summed E-state index contributed by atoms with van der Waals surface area (Å²) < 4.78 is 5.18. The van der Waals surface area contributed by atoms with Crippen molar-refractivity contribution in [3.05, 3.63) is 0 Å². The molecule has 1 atom stereocenters. The van der Waals surface area contributed by atoms with Gasteiger partial charge in [-0.15, -0.1) is 0 Å². The zero-order valence-corrected chi connectivity index (χ0v) is 12.1. The number of nitrogens with one attached hydrogen (secondary N) is 1. The Labute approximate surface area is 113 Å². The first-order valence-corrected chi connectivity index (χ1v) is 6.13. The molecule has 6 heteroatoms. The molecule has 19 heavy (non-hydrogen) atoms. The molecule has 0 rings (SSSR count). The molecular weight excluding hydrogens is 250 g/mol. The minimum atomic E-state index is -1.12. The predicted molar refractivity (Wildman–Crippen MR) is 69.8 cm³/mol. The average Bonchev–Trinajstić information content (AvgIpc) is 2.11. The molecule has 2 N–H and O–H groups in total. The first-order valence-electron chi connectivity index (χ1n) is 6.13. The number of aliphatic carboxylic acids is 1. The van der Waals surface area contributed by atoms with Gasteiger partial charge in [-0.3, -0.25) is 14.9 Å². The number of carboxylic acid groups (broad SMARTS) is 1. The van der Waals surface area contributed by atoms with E-state index in [9.17, 15) is 14.4 Å². The summed E-state index contributed by atoms with van der Waals surface area (Å²) >= 11 is 0. The summed E-state index contributed by atoms with van der Waals surface area (Å²) in [6, 6.07) is -1.00. The lowest BCUT2D eigenvalue weighted by molar-refractivity contribution is -0.157. The second-order valence-corrected chi connectivity index (χ2v) is 6.08. The third-order valence-electron chi connectivity index (χ3n) is 2.20. The number of carboxylic acids is 1. The molecule has 0 spiro atoms. The molecule has 0 aliphatic heterocycles. The third-order valence-corrected chi connectivity index (χ3v) is 2.20. The van der Waals surface area contributed by atoms with Crippen LogP contribution in [0.5, 0.6) is 0 Å². The molecule has 0 aromatic carbocycles. The Bertz CT molecular complexity index is 343. The summed E-state index contributed by atoms with van der Waals surface area (Å²) in [4.78, 5) is 33.1. The minimum absolute atomic E-state index is 0.0207. The van der Waals surface area contributed by atoms with Crippen LogP contribution >= 0.6 is 0 Å². The Morgan fingerprint density at radius 1 is 1.26 bits per heavy atom. The molecule has 110 valence electrons. The second kappa shape index (κ2) is 6.65. The van der Waals surface area contributed by atoms with Crippen molar-refractivity contribution >= 4 is 18.2 Å². The van der Waals surface area contributed by atoms with Crippen molar-refractivity contribution in [2.75, 3.05) is 0 Å². The van der Waals surface area contributed by atoms with E-state index in [1.165, 1.54) is 0 Å². The van der Waals surface area contributed by atoms with Crippen molar-refractivity contribution in [1.29, 1.82) is 0 Å². The third kappa shape index (κ3) is 8.31. The maximum atomic E-state index is 11.7. The van der Waals surface area contributed by atoms with E-state index < -0.39 is 29.1 Å². The van der Waals surface area contributed by atoms with Gasteiger partial charge in [-0.1, -0.05) is 0 Å². The molecule has 0 heterocycles. The zero-order valence-electron chi connectivity index (χ0n) is 12.1. The molecule has 0 aromatic rings. The number of hydrogen-bond acceptors (Lipinski definition) is 5. The van der Waals surface area contributed by atoms with Gasteiger partial charge >= 0.3 is 11.9 Å². The first kappa shape index (κ1) is 17.6. The fourth-order valence-corrected chi connectivity index (χ4v) is 1.58. The van der Waals surface area contributed by atoms with Crippen LogP contribution in [0.25, 0.3) is 0 Å². The summed E-state index contributed by atoms with van der Waals surface area (Å²) in [6.07, 6.45) is 0.412. The second-order valence-electron chi connectivity index (χ2n) is 6.08. The Hall–Kier alpha value is -1.43. The minimum Gasteiger partial charge on any atom is -0.480 e. The number of ether oxygens (including phenoxy) is 1. The quantitative estimate of drug-likeness (QED) is 0.533. The van der Waals surface area contributed by atoms with Gasteiger partial charge < -0.3 is 14.6 Å². The van der Waals surface area contributed by atoms with Crippen molar-refractivity contribution in [2.45, 2.75) is 64.6 Å². The molecule has 0 fully saturated rings. The van der Waals surface area contributed by atoms with Gasteiger partial charge in [0.1, 0.15) is 17.9 Å². The molecule has 0 radical (unpaired) electrons. The van der Waals surface area contributed by atoms with Crippen LogP contribution in [0.2, 0.25) is 0 Å². The van der Waals surface area contributed by atoms with Crippen molar-refractivity contribution < 1.29 is 24.2 Å². The van der Waals surface area contributed by atoms with Crippen LogP contribution in [0.3, 0.4) is 0 Å². The molecule has 0 aliphatic rings. The Morgan fingerprint density at radius 3 is 2.16 bits per heavy atom. The smallest absolute Gasteiger partial charge is 0.321 e. The molecule has 0 amide bonds. The van der Waals surface area contributed by atoms with E-state index >= 15 is 0 Å². The van der Waals surface area contributed by atoms with Crippen LogP contribution in [0.4, 0.5) is 0 Å². The van der Waals surface area contributed by atoms with E-state index in [0.29, 0.717) is 6.29 Å². The van der Waals surface area contributed by atoms with Gasteiger partial charge in [-0.05, 0) is 34.6 Å². The van der Waals surface area contributed by atoms with Gasteiger partial charge in [0, 0.05) is 12.0 Å². The van der Waals surface area contributed by atoms with Crippen LogP contribution < -0.4 is 5.32 Å². The Kier molecular flexibility index (Phi) is 6.15. The highest BCUT2D eigenvalue weighted by Crippen LogP contribution is 2.15. The highest BCUT2D eigenvalue weighted by Gasteiger charge is 2.30. The monoisotopic (exact) mass is 273 g/mol. The largest absolute Gasteiger partial charge is 0.480 e. The van der Waals surface area contributed by atoms with Crippen molar-refractivity contribution in [1.82, 2.24) is 5.32 Å². The van der Waals surface area contributed by atoms with E-state index in [1.54, 1.807) is 34.6 Å². The van der Waals surface area contributed by atoms with E-state index in [1.807, 2.05) is 0 Å². The van der Waals surface area contributed by atoms with Gasteiger partial charge in [0.15, 0.2) is 0 Å². The van der Waals surface area contributed by atoms with E-state index in [4.69, 9.17) is 9.84 Å². The van der Waals surface area contributed by atoms with Crippen LogP contribution in [-0.2, 0) is 19.1 Å². The first-order chi connectivity index (χ1) is 8.47. The van der Waals surface area contributed by atoms with E-state index in [-0.39, 0.29) is 12.8 Å². The number of carbonyl (C=O) groups excluding carboxylic acids is 2. The topological polar surface area (TPSA) is 92.7 Å². The number of aldehydes is 1. The Balaban J connectivity index is 4.56. The average molecular weight is 273 g/mol. The van der Waals surface area contributed by atoms with Crippen LogP contribution in [0, 0.1) is 0 Å². The number of esters is 1. The lowest BCUT2D eigenvalue weighted by Crippen LogP contribution is -2.51. The van der Waals surface area contributed by atoms with Crippen LogP contribution in [-0.4, -0.2) is 40.5 Å². The maximum absolute atomic E-state index is 11.7. The van der Waals surface area contributed by atoms with Crippen molar-refractivity contribution in [3.8, 4) is 0 Å². The maximum Gasteiger partial charge on any atom is 0.321 e. The van der Waals surface area contributed by atoms with E-state index in [0.717, 1.165) is 0 Å². The van der Waals surface area contributed by atoms with Crippen LogP contribution in [0.1, 0.15) is 47.5 Å². The lowest BCUT2D eigenvalue weighted by atomic mass is 9.98. The molecule has 6 nitrogen and oxygen atoms in total. The summed E-state index contributed by atoms with van der Waals surface area (Å²) in [7, 11) is 0. The lowest BCUT2D eigenvalue weighted by Gasteiger charge is -2.30. The van der Waals surface area contributed by atoms with Gasteiger partial charge in [0.05, 0.1) is 6.42 Å². The van der Waals surface area contributed by atoms with Crippen molar-refractivity contribution in [2.24, 2.45) is 0 Å². The summed E-state index contributed by atoms with van der Waals surface area (Å²) in [6.45, 7) is 8.67. The fraction of sp³-hybridized carbons (Fsp3) is 0.769. The molecular formula is C13H23NO5. The fourth-order valence-electron chi connectivity index (χ4n) is 1.58. The molecule has 0 aliphatic carbocycles. The van der Waals surface area contributed by atoms with Crippen LogP contribution in [0.15, 0.2) is 0 Å². The molecule has 0 saturated heterocycles. The van der Waals surface area contributed by atoms with Gasteiger partial charge in [-0.25, -0.2) is 0 Å². The van der Waals surface area contributed by atoms with Crippen molar-refractivity contribution in [3.63, 3.8) is 0 Å². The highest BCUT2D eigenvalue weighted by molar-refractivity contribution is 5.77. The number of carbonyl (C=O) groups is 3. The molecule has 0 saturated carbocycles. The number of hydrogen-bond donors (Lipinski definition) is 2. The predicted octanol–water partition coefficient (Wildman–Crippen LogP) is 1.13. The SMILES string of the molecule is CC(C)(CC(=O)OC(C)(C)C)N[C@@H](CC=O)C(=O)O. The summed E-state index contributed by atoms with van der Waals surface area (Å²) in [5, 5.41) is 11.7. The molecule has 0 aromatic heterocycles. The highest BCUT2D eigenvalue weighted by atomic mass is 16.6. The van der Waals surface area contributed by atoms with Gasteiger partial charge in [0.25, 0.3) is 0 Å². The van der Waals surface area contributed by atoms with E-state index in [2.05, 4.69) is 5.32 Å². The van der Waals surface area contributed by atoms with Gasteiger partial charge in [0.2, 0.25) is 0 Å². The van der Waals surface area contributed by atoms with Gasteiger partial charge in [-0.2, -0.15) is 0 Å². The zero-order chi connectivity index (χ0) is 15.3. The molecule has 0 unspecified atom stereocenters. The standard InChI is InChI=1S/C13H23NO5/c1-12(2,3)19-10(16)8-13(4,5)14-9(6-7-15)11(17)18/h7,9,14H,6,8H2,1-5H3,(H,17,18)/t9-/m0/s1. The molecule has 0 bridgehead atoms. The summed E-state index contributed by atoms with van der Waals surface area (Å²) in [5.41, 5.74) is -1.35. The summed E-state index contributed by atoms with van der Waals surface area (Å²) in [5.74, 6) is -1.54. The normalized spacial score (nSPS) is 13.7. The number of rotatable bonds is 7. The Morgan fingerprint density at radius 2 is 1.79 bits per heavy atom.